The van der Waals surface area contributed by atoms with Crippen LogP contribution in [-0.2, 0) is 0 Å². The normalized spacial score (nSPS) is 13.4. The molecule has 0 radical (unpaired) electrons. The number of amides is 1. The average molecular weight is 358 g/mol. The molecule has 5 nitrogen and oxygen atoms in total. The van der Waals surface area contributed by atoms with Crippen LogP contribution in [0.2, 0.25) is 0 Å². The first-order valence-electron chi connectivity index (χ1n) is 9.22. The van der Waals surface area contributed by atoms with E-state index in [0.717, 1.165) is 24.6 Å². The zero-order valence-electron chi connectivity index (χ0n) is 15.1. The summed E-state index contributed by atoms with van der Waals surface area (Å²) in [6.45, 7) is 2.29. The van der Waals surface area contributed by atoms with E-state index in [1.165, 1.54) is 18.5 Å². The van der Waals surface area contributed by atoms with Crippen LogP contribution >= 0.6 is 0 Å². The summed E-state index contributed by atoms with van der Waals surface area (Å²) < 4.78 is 0. The number of nitrogens with one attached hydrogen (secondary N) is 2. The van der Waals surface area contributed by atoms with Crippen LogP contribution in [0.25, 0.3) is 0 Å². The van der Waals surface area contributed by atoms with Crippen LogP contribution in [-0.4, -0.2) is 24.0 Å². The molecule has 0 saturated carbocycles. The quantitative estimate of drug-likeness (QED) is 0.695. The van der Waals surface area contributed by atoms with E-state index in [9.17, 15) is 4.79 Å². The highest BCUT2D eigenvalue weighted by molar-refractivity contribution is 6.04. The standard InChI is InChI=1S/C22H22N4O/c27-22(17-6-2-1-3-7-17)25-19-10-13-21(23-16-19)24-18-8-11-20(12-9-18)26-14-4-5-15-26/h1-3,6-13,16H,4-5,14-15H2,(H,23,24)(H,25,27). The first-order valence-corrected chi connectivity index (χ1v) is 9.22. The molecule has 0 unspecified atom stereocenters. The third kappa shape index (κ3) is 4.26. The molecule has 4 rings (SSSR count). The molecule has 1 fully saturated rings. The van der Waals surface area contributed by atoms with Gasteiger partial charge in [-0.15, -0.1) is 0 Å². The van der Waals surface area contributed by atoms with Crippen molar-refractivity contribution >= 4 is 28.8 Å². The van der Waals surface area contributed by atoms with Crippen LogP contribution < -0.4 is 15.5 Å². The second-order valence-electron chi connectivity index (χ2n) is 6.62. The van der Waals surface area contributed by atoms with Crippen molar-refractivity contribution in [3.05, 3.63) is 78.5 Å². The molecule has 2 N–H and O–H groups in total. The maximum absolute atomic E-state index is 12.2. The molecule has 1 aliphatic rings. The summed E-state index contributed by atoms with van der Waals surface area (Å²) in [5.41, 5.74) is 3.55. The molecule has 27 heavy (non-hydrogen) atoms. The van der Waals surface area contributed by atoms with Gasteiger partial charge in [-0.1, -0.05) is 18.2 Å². The molecular formula is C22H22N4O. The SMILES string of the molecule is O=C(Nc1ccc(Nc2ccc(N3CCCC3)cc2)nc1)c1ccccc1. The van der Waals surface area contributed by atoms with Crippen molar-refractivity contribution in [3.8, 4) is 0 Å². The molecule has 1 amide bonds. The largest absolute Gasteiger partial charge is 0.372 e. The van der Waals surface area contributed by atoms with Crippen LogP contribution in [0.5, 0.6) is 0 Å². The molecule has 1 aliphatic heterocycles. The molecule has 3 aromatic rings. The highest BCUT2D eigenvalue weighted by Crippen LogP contribution is 2.23. The Labute approximate surface area is 159 Å². The average Bonchev–Trinajstić information content (AvgIpc) is 3.26. The van der Waals surface area contributed by atoms with Gasteiger partial charge in [0.1, 0.15) is 5.82 Å². The number of anilines is 4. The van der Waals surface area contributed by atoms with Crippen LogP contribution in [0.4, 0.5) is 22.9 Å². The van der Waals surface area contributed by atoms with Crippen molar-refractivity contribution in [2.75, 3.05) is 28.6 Å². The van der Waals surface area contributed by atoms with Gasteiger partial charge in [0.05, 0.1) is 11.9 Å². The van der Waals surface area contributed by atoms with E-state index in [0.29, 0.717) is 11.3 Å². The van der Waals surface area contributed by atoms with E-state index in [1.807, 2.05) is 30.3 Å². The lowest BCUT2D eigenvalue weighted by atomic mass is 10.2. The first kappa shape index (κ1) is 17.1. The lowest BCUT2D eigenvalue weighted by Gasteiger charge is -2.17. The number of hydrogen-bond acceptors (Lipinski definition) is 4. The minimum Gasteiger partial charge on any atom is -0.372 e. The zero-order chi connectivity index (χ0) is 18.5. The van der Waals surface area contributed by atoms with E-state index in [4.69, 9.17) is 0 Å². The summed E-state index contributed by atoms with van der Waals surface area (Å²) in [6.07, 6.45) is 4.20. The van der Waals surface area contributed by atoms with Crippen LogP contribution in [0.1, 0.15) is 23.2 Å². The summed E-state index contributed by atoms with van der Waals surface area (Å²) in [4.78, 5) is 19.0. The molecule has 2 heterocycles. The van der Waals surface area contributed by atoms with Crippen LogP contribution in [0, 0.1) is 0 Å². The van der Waals surface area contributed by atoms with Crippen molar-refractivity contribution in [2.24, 2.45) is 0 Å². The fourth-order valence-corrected chi connectivity index (χ4v) is 3.21. The van der Waals surface area contributed by atoms with Gasteiger partial charge in [0.25, 0.3) is 5.91 Å². The number of aromatic nitrogens is 1. The number of pyridine rings is 1. The lowest BCUT2D eigenvalue weighted by Crippen LogP contribution is -2.17. The molecule has 0 aliphatic carbocycles. The van der Waals surface area contributed by atoms with Crippen LogP contribution in [0.15, 0.2) is 72.9 Å². The van der Waals surface area contributed by atoms with E-state index in [-0.39, 0.29) is 5.91 Å². The number of nitrogens with zero attached hydrogens (tertiary/aromatic N) is 2. The van der Waals surface area contributed by atoms with E-state index in [2.05, 4.69) is 44.8 Å². The van der Waals surface area contributed by atoms with Gasteiger partial charge in [-0.2, -0.15) is 0 Å². The monoisotopic (exact) mass is 358 g/mol. The summed E-state index contributed by atoms with van der Waals surface area (Å²) in [5, 5.41) is 6.14. The van der Waals surface area contributed by atoms with Gasteiger partial charge in [-0.3, -0.25) is 4.79 Å². The van der Waals surface area contributed by atoms with Crippen molar-refractivity contribution < 1.29 is 4.79 Å². The smallest absolute Gasteiger partial charge is 0.255 e. The van der Waals surface area contributed by atoms with Crippen LogP contribution in [0.3, 0.4) is 0 Å². The third-order valence-corrected chi connectivity index (χ3v) is 4.67. The van der Waals surface area contributed by atoms with E-state index < -0.39 is 0 Å². The maximum atomic E-state index is 12.2. The van der Waals surface area contributed by atoms with Crippen molar-refractivity contribution in [1.29, 1.82) is 0 Å². The Balaban J connectivity index is 1.37. The van der Waals surface area contributed by atoms with E-state index in [1.54, 1.807) is 18.3 Å². The Kier molecular flexibility index (Phi) is 5.01. The molecular weight excluding hydrogens is 336 g/mol. The minimum atomic E-state index is -0.143. The summed E-state index contributed by atoms with van der Waals surface area (Å²) in [6, 6.07) is 21.3. The number of benzene rings is 2. The maximum Gasteiger partial charge on any atom is 0.255 e. The summed E-state index contributed by atoms with van der Waals surface area (Å²) in [5.74, 6) is 0.595. The Morgan fingerprint density at radius 2 is 1.56 bits per heavy atom. The first-order chi connectivity index (χ1) is 13.3. The fourth-order valence-electron chi connectivity index (χ4n) is 3.21. The second-order valence-corrected chi connectivity index (χ2v) is 6.62. The molecule has 2 aromatic carbocycles. The van der Waals surface area contributed by atoms with Gasteiger partial charge >= 0.3 is 0 Å². The third-order valence-electron chi connectivity index (χ3n) is 4.67. The minimum absolute atomic E-state index is 0.143. The lowest BCUT2D eigenvalue weighted by molar-refractivity contribution is 0.102. The highest BCUT2D eigenvalue weighted by atomic mass is 16.1. The van der Waals surface area contributed by atoms with Crippen molar-refractivity contribution in [3.63, 3.8) is 0 Å². The number of carbonyl (C=O) groups is 1. The second kappa shape index (κ2) is 7.91. The van der Waals surface area contributed by atoms with Gasteiger partial charge in [0.2, 0.25) is 0 Å². The van der Waals surface area contributed by atoms with E-state index >= 15 is 0 Å². The molecule has 1 aromatic heterocycles. The topological polar surface area (TPSA) is 57.3 Å². The number of hydrogen-bond donors (Lipinski definition) is 2. The Hall–Kier alpha value is -3.34. The molecule has 1 saturated heterocycles. The van der Waals surface area contributed by atoms with Gasteiger partial charge in [0, 0.05) is 30.0 Å². The highest BCUT2D eigenvalue weighted by Gasteiger charge is 2.11. The van der Waals surface area contributed by atoms with Gasteiger partial charge in [-0.25, -0.2) is 4.98 Å². The molecule has 0 spiro atoms. The predicted octanol–water partition coefficient (Wildman–Crippen LogP) is 4.68. The van der Waals surface area contributed by atoms with Crippen molar-refractivity contribution in [1.82, 2.24) is 4.98 Å². The van der Waals surface area contributed by atoms with Gasteiger partial charge in [0.15, 0.2) is 0 Å². The molecule has 136 valence electrons. The molecule has 0 atom stereocenters. The molecule has 0 bridgehead atoms. The number of rotatable bonds is 5. The Bertz CT molecular complexity index is 886. The summed E-state index contributed by atoms with van der Waals surface area (Å²) in [7, 11) is 0. The summed E-state index contributed by atoms with van der Waals surface area (Å²) >= 11 is 0. The van der Waals surface area contributed by atoms with Gasteiger partial charge < -0.3 is 15.5 Å². The predicted molar refractivity (Wildman–Crippen MR) is 110 cm³/mol. The zero-order valence-corrected chi connectivity index (χ0v) is 15.1. The fraction of sp³-hybridized carbons (Fsp3) is 0.182. The van der Waals surface area contributed by atoms with Gasteiger partial charge in [-0.05, 0) is 61.4 Å². The van der Waals surface area contributed by atoms with Crippen molar-refractivity contribution in [2.45, 2.75) is 12.8 Å². The number of carbonyl (C=O) groups excluding carboxylic acids is 1. The molecule has 5 heteroatoms. The Morgan fingerprint density at radius 1 is 0.852 bits per heavy atom. The Morgan fingerprint density at radius 3 is 2.22 bits per heavy atom.